The van der Waals surface area contributed by atoms with Crippen molar-refractivity contribution in [2.24, 2.45) is 5.10 Å². The van der Waals surface area contributed by atoms with Gasteiger partial charge in [0.1, 0.15) is 21.3 Å². The fourth-order valence-corrected chi connectivity index (χ4v) is 11.0. The molecule has 74 heavy (non-hydrogen) atoms. The highest BCUT2D eigenvalue weighted by atomic mass is 79.9. The number of benzene rings is 2. The Morgan fingerprint density at radius 3 is 1.54 bits per heavy atom. The molecule has 4 N–H and O–H groups in total. The van der Waals surface area contributed by atoms with E-state index in [-0.39, 0.29) is 90.8 Å². The fraction of sp³-hybridized carbons (Fsp3) is 0.317. The summed E-state index contributed by atoms with van der Waals surface area (Å²) in [7, 11) is -5.14. The molecule has 3 radical (unpaired) electrons. The van der Waals surface area contributed by atoms with Crippen LogP contribution < -0.4 is 44.6 Å². The fourth-order valence-electron chi connectivity index (χ4n) is 6.27. The molecule has 2 aromatic carbocycles. The number of nitrogens with zero attached hydrogens (tertiary/aromatic N) is 5. The first kappa shape index (κ1) is 59.5. The second-order valence-corrected chi connectivity index (χ2v) is 21.2. The second kappa shape index (κ2) is 25.4. The van der Waals surface area contributed by atoms with E-state index in [0.29, 0.717) is 9.48 Å². The number of carbonyl (C=O) groups excluding carboxylic acids is 2. The summed E-state index contributed by atoms with van der Waals surface area (Å²) >= 11 is 28.1. The standard InChI is InChI=1S/C21H18Cl2F2N4O6S.C16H15BrCl2N2O4S.C4H3F2N3O2.B/c1-34-21-16(36(32,33)28-10-3-2-4-10)7-12(9-26-21)35-19-13(22)5-11(6-14(19)23)29-17(31)8-15(30)18(27-29)20(24)25;1-24-16-14(26(22,23)21-10-3-2-4-10)7-11(8-20-16)25-15-12(18)5-9(17)6-13(15)19;5-2(6)1-3(10)7-4(11)9-8-1;/h5-7,9-10,20,28H,2-4,8H2,1H3;5-8,10,21H,2-4H2,1H3;2H,(H2,7,9,10,11);. The van der Waals surface area contributed by atoms with Crippen LogP contribution in [0.5, 0.6) is 34.8 Å². The molecule has 395 valence electrons. The highest BCUT2D eigenvalue weighted by molar-refractivity contribution is 9.10. The van der Waals surface area contributed by atoms with Gasteiger partial charge in [-0.3, -0.25) is 19.4 Å². The van der Waals surface area contributed by atoms with Crippen LogP contribution in [0.15, 0.2) is 77.7 Å². The van der Waals surface area contributed by atoms with Gasteiger partial charge in [-0.1, -0.05) is 75.2 Å². The summed E-state index contributed by atoms with van der Waals surface area (Å²) < 4.78 is 128. The molecule has 0 bridgehead atoms. The molecule has 1 amide bonds. The number of carbonyl (C=O) groups is 2. The monoisotopic (exact) mass is 1220 g/mol. The quantitative estimate of drug-likeness (QED) is 0.0443. The first-order chi connectivity index (χ1) is 34.4. The Bertz CT molecular complexity index is 3260. The normalized spacial score (nSPS) is 14.9. The van der Waals surface area contributed by atoms with E-state index in [1.165, 1.54) is 50.9 Å². The highest BCUT2D eigenvalue weighted by Crippen LogP contribution is 2.42. The molecular formula is C41H36BBrCl4F4N9O12S2. The number of halogens is 9. The number of ketones is 1. The van der Waals surface area contributed by atoms with Crippen LogP contribution in [0.4, 0.5) is 23.2 Å². The molecular weight excluding hydrogens is 1180 g/mol. The summed E-state index contributed by atoms with van der Waals surface area (Å²) in [5.74, 6) is -1.87. The van der Waals surface area contributed by atoms with Crippen molar-refractivity contribution < 1.29 is 62.9 Å². The number of H-pyrrole nitrogens is 2. The zero-order valence-electron chi connectivity index (χ0n) is 37.8. The molecule has 0 spiro atoms. The molecule has 0 atom stereocenters. The number of aromatic nitrogens is 5. The lowest BCUT2D eigenvalue weighted by molar-refractivity contribution is -0.124. The van der Waals surface area contributed by atoms with Crippen LogP contribution in [-0.4, -0.2) is 101 Å². The van der Waals surface area contributed by atoms with Crippen molar-refractivity contribution in [3.05, 3.63) is 99.9 Å². The minimum absolute atomic E-state index is 0. The van der Waals surface area contributed by atoms with Crippen LogP contribution in [0, 0.1) is 0 Å². The van der Waals surface area contributed by atoms with Gasteiger partial charge in [0.25, 0.3) is 24.3 Å². The van der Waals surface area contributed by atoms with Crippen LogP contribution >= 0.6 is 62.3 Å². The van der Waals surface area contributed by atoms with Crippen LogP contribution in [0.3, 0.4) is 0 Å². The maximum atomic E-state index is 13.1. The molecule has 2 fully saturated rings. The average molecular weight is 1220 g/mol. The summed E-state index contributed by atoms with van der Waals surface area (Å²) in [5.41, 5.74) is -4.18. The number of sulfonamides is 2. The number of amides is 1. The number of methoxy groups -OCH3 is 2. The Hall–Kier alpha value is -5.40. The minimum atomic E-state index is -3.97. The van der Waals surface area contributed by atoms with Crippen molar-refractivity contribution >= 4 is 114 Å². The molecule has 3 aromatic heterocycles. The lowest BCUT2D eigenvalue weighted by Crippen LogP contribution is -2.39. The predicted molar refractivity (Wildman–Crippen MR) is 265 cm³/mol. The van der Waals surface area contributed by atoms with Gasteiger partial charge >= 0.3 is 5.69 Å². The summed E-state index contributed by atoms with van der Waals surface area (Å²) in [6, 6.07) is 7.87. The van der Waals surface area contributed by atoms with Gasteiger partial charge in [-0.2, -0.15) is 15.2 Å². The van der Waals surface area contributed by atoms with Crippen LogP contribution in [0.25, 0.3) is 0 Å². The van der Waals surface area contributed by atoms with Gasteiger partial charge in [0.15, 0.2) is 28.7 Å². The Labute approximate surface area is 447 Å². The predicted octanol–water partition coefficient (Wildman–Crippen LogP) is 7.74. The van der Waals surface area contributed by atoms with Gasteiger partial charge < -0.3 is 18.9 Å². The van der Waals surface area contributed by atoms with Gasteiger partial charge in [0, 0.05) is 37.1 Å². The third-order valence-corrected chi connectivity index (χ3v) is 14.8. The molecule has 3 aliphatic rings. The molecule has 0 saturated heterocycles. The van der Waals surface area contributed by atoms with Crippen molar-refractivity contribution in [3.8, 4) is 34.8 Å². The Morgan fingerprint density at radius 2 is 1.16 bits per heavy atom. The summed E-state index contributed by atoms with van der Waals surface area (Å²) in [5, 5.41) is 8.83. The minimum Gasteiger partial charge on any atom is -0.480 e. The van der Waals surface area contributed by atoms with E-state index in [4.69, 9.17) is 65.4 Å². The smallest absolute Gasteiger partial charge is 0.342 e. The van der Waals surface area contributed by atoms with Gasteiger partial charge in [-0.25, -0.2) is 63.7 Å². The number of alkyl halides is 4. The second-order valence-electron chi connectivity index (χ2n) is 15.3. The van der Waals surface area contributed by atoms with Gasteiger partial charge in [-0.05, 0) is 49.9 Å². The molecule has 1 aliphatic heterocycles. The number of anilines is 1. The van der Waals surface area contributed by atoms with Crippen molar-refractivity contribution in [2.75, 3.05) is 19.2 Å². The van der Waals surface area contributed by atoms with Gasteiger partial charge in [0.05, 0.1) is 58.8 Å². The van der Waals surface area contributed by atoms with E-state index in [2.05, 4.69) is 45.5 Å². The zero-order chi connectivity index (χ0) is 53.5. The molecule has 33 heteroatoms. The number of pyridine rings is 2. The van der Waals surface area contributed by atoms with Crippen molar-refractivity contribution in [2.45, 2.75) is 79.7 Å². The van der Waals surface area contributed by atoms with Crippen LogP contribution in [-0.2, 0) is 29.6 Å². The number of hydrogen-bond donors (Lipinski definition) is 4. The SMILES string of the molecule is COc1ncc(Oc2c(Cl)cc(Br)cc2Cl)cc1S(=O)(=O)NC1CCC1.COc1ncc(Oc2c(Cl)cc(N3N=C(C(F)F)C(=O)CC3=O)cc2Cl)cc1S(=O)(=O)NC1CCC1.O=c1[nH]nc(C(F)F)c(=O)[nH]1.[B]. The topological polar surface area (TPSA) is 283 Å². The number of hydrazone groups is 1. The largest absolute Gasteiger partial charge is 0.480 e. The third kappa shape index (κ3) is 14.7. The lowest BCUT2D eigenvalue weighted by atomic mass is 9.94. The number of nitrogens with one attached hydrogen (secondary N) is 4. The Kier molecular flexibility index (Phi) is 20.4. The lowest BCUT2D eigenvalue weighted by Gasteiger charge is -2.26. The highest BCUT2D eigenvalue weighted by Gasteiger charge is 2.35. The van der Waals surface area contributed by atoms with E-state index >= 15 is 0 Å². The molecule has 2 saturated carbocycles. The van der Waals surface area contributed by atoms with E-state index in [1.807, 2.05) is 0 Å². The van der Waals surface area contributed by atoms with E-state index < -0.39 is 73.7 Å². The number of aromatic amines is 2. The molecule has 21 nitrogen and oxygen atoms in total. The average Bonchev–Trinajstić information content (AvgIpc) is 3.28. The van der Waals surface area contributed by atoms with Crippen LogP contribution in [0.1, 0.15) is 57.1 Å². The number of Topliss-reactive ketones (excluding diaryl/α,β-unsaturated/α-hetero) is 1. The van der Waals surface area contributed by atoms with Crippen LogP contribution in [0.2, 0.25) is 20.1 Å². The Balaban J connectivity index is 0.000000232. The number of rotatable bonds is 15. The number of hydrogen-bond acceptors (Lipinski definition) is 16. The van der Waals surface area contributed by atoms with E-state index in [9.17, 15) is 53.6 Å². The molecule has 0 unspecified atom stereocenters. The van der Waals surface area contributed by atoms with Crippen molar-refractivity contribution in [1.82, 2.24) is 34.6 Å². The van der Waals surface area contributed by atoms with Crippen molar-refractivity contribution in [1.29, 1.82) is 0 Å². The molecule has 8 rings (SSSR count). The summed E-state index contributed by atoms with van der Waals surface area (Å²) in [4.78, 5) is 53.8. The maximum Gasteiger partial charge on any atom is 0.342 e. The van der Waals surface area contributed by atoms with Crippen molar-refractivity contribution in [3.63, 3.8) is 0 Å². The first-order valence-corrected chi connectivity index (χ1v) is 26.0. The first-order valence-electron chi connectivity index (χ1n) is 20.7. The molecule has 2 aliphatic carbocycles. The third-order valence-electron chi connectivity index (χ3n) is 10.2. The molecule has 4 heterocycles. The van der Waals surface area contributed by atoms with Gasteiger partial charge in [0.2, 0.25) is 31.8 Å². The molecule has 5 aromatic rings. The zero-order valence-corrected chi connectivity index (χ0v) is 44.1. The maximum absolute atomic E-state index is 13.1. The Morgan fingerprint density at radius 1 is 0.716 bits per heavy atom. The summed E-state index contributed by atoms with van der Waals surface area (Å²) in [6.07, 6.45) is 0.600. The summed E-state index contributed by atoms with van der Waals surface area (Å²) in [6.45, 7) is 0. The van der Waals surface area contributed by atoms with E-state index in [1.54, 1.807) is 22.2 Å². The van der Waals surface area contributed by atoms with Gasteiger partial charge in [-0.15, -0.1) is 0 Å². The van der Waals surface area contributed by atoms with E-state index in [0.717, 1.165) is 38.5 Å². The number of ether oxygens (including phenoxy) is 4.